The molecule has 13 fully saturated rings. The van der Waals surface area contributed by atoms with Gasteiger partial charge in [0.15, 0.2) is 25.2 Å². The first kappa shape index (κ1) is 124. The third kappa shape index (κ3) is 39.3. The molecule has 24 unspecified atom stereocenters. The van der Waals surface area contributed by atoms with E-state index in [1.54, 1.807) is 0 Å². The van der Waals surface area contributed by atoms with Gasteiger partial charge in [0.05, 0.1) is 23.7 Å². The molecule has 14 rings (SSSR count). The van der Waals surface area contributed by atoms with Crippen molar-refractivity contribution in [3.05, 3.63) is 105 Å². The van der Waals surface area contributed by atoms with E-state index in [0.29, 0.717) is 47.3 Å². The number of hydrogen-bond donors (Lipinski definition) is 12. The van der Waals surface area contributed by atoms with E-state index in [9.17, 15) is 80.5 Å². The van der Waals surface area contributed by atoms with Crippen molar-refractivity contribution in [2.45, 2.75) is 299 Å². The van der Waals surface area contributed by atoms with Crippen LogP contribution >= 0.6 is 0 Å². The molecule has 0 spiro atoms. The quantitative estimate of drug-likeness (QED) is 0.0344. The van der Waals surface area contributed by atoms with E-state index in [-0.39, 0.29) is 216 Å². The predicted octanol–water partition coefficient (Wildman–Crippen LogP) is 20.7. The number of carbonyl (C=O) groups is 4. The summed E-state index contributed by atoms with van der Waals surface area (Å²) in [5.74, 6) is 3.06. The second kappa shape index (κ2) is 66.2. The minimum absolute atomic E-state index is 0. The summed E-state index contributed by atoms with van der Waals surface area (Å²) in [6, 6.07) is 0. The molecule has 14 aliphatic rings. The molecule has 0 aromatic carbocycles. The summed E-state index contributed by atoms with van der Waals surface area (Å²) in [6.07, 6.45) is 50.5. The Morgan fingerprint density at radius 1 is 0.281 bits per heavy atom. The molecule has 6 heterocycles. The van der Waals surface area contributed by atoms with Crippen molar-refractivity contribution >= 4 is 23.9 Å². The zero-order valence-corrected chi connectivity index (χ0v) is 96.4. The Morgan fingerprint density at radius 2 is 0.469 bits per heavy atom. The van der Waals surface area contributed by atoms with Crippen LogP contribution in [-0.4, -0.2) is 182 Å². The maximum Gasteiger partial charge on any atom is 0.306 e. The molecule has 0 bridgehead atoms. The average Bonchev–Trinajstić information content (AvgIpc) is 0.796. The van der Waals surface area contributed by atoms with E-state index in [1.165, 1.54) is 69.8 Å². The van der Waals surface area contributed by atoms with Crippen LogP contribution in [0.5, 0.6) is 0 Å². The van der Waals surface area contributed by atoms with Crippen molar-refractivity contribution in [3.63, 3.8) is 0 Å². The number of aliphatic carboxylic acids is 4. The monoisotopic (exact) mass is 2200 g/mol. The number of allylic oxidation sites excluding steroid dienone is 8. The van der Waals surface area contributed by atoms with Gasteiger partial charge in [-0.25, -0.2) is 0 Å². The van der Waals surface area contributed by atoms with Crippen LogP contribution in [0.25, 0.3) is 44.2 Å². The molecule has 28 heteroatoms. The maximum atomic E-state index is 11.6. The van der Waals surface area contributed by atoms with Gasteiger partial charge in [-0.3, -0.25) is 19.2 Å². The van der Waals surface area contributed by atoms with Gasteiger partial charge in [0.2, 0.25) is 0 Å². The summed E-state index contributed by atoms with van der Waals surface area (Å²) >= 11 is 0. The largest absolute Gasteiger partial charge is 0.693 e. The van der Waals surface area contributed by atoms with Gasteiger partial charge in [-0.1, -0.05) is 271 Å². The zero-order valence-electron chi connectivity index (χ0n) is 80.2. The summed E-state index contributed by atoms with van der Waals surface area (Å²) in [5.41, 5.74) is 1.29. The Morgan fingerprint density at radius 3 is 0.648 bits per heavy atom. The van der Waals surface area contributed by atoms with Crippen molar-refractivity contribution in [2.75, 3.05) is 72.0 Å². The minimum atomic E-state index is -1.31. The smallest absolute Gasteiger partial charge is 0.306 e. The summed E-state index contributed by atoms with van der Waals surface area (Å²) in [5, 5.41) is 142. The number of aliphatic hydroxyl groups excluding tert-OH is 4. The van der Waals surface area contributed by atoms with Gasteiger partial charge >= 0.3 is 23.9 Å². The Kier molecular flexibility index (Phi) is 63.9. The normalized spacial score (nSPS) is 35.2. The Labute approximate surface area is 852 Å². The van der Waals surface area contributed by atoms with Crippen molar-refractivity contribution < 1.29 is 190 Å². The molecular formula is C100H172Cd4N8O16-8. The Balaban J connectivity index is 0.000000504. The van der Waals surface area contributed by atoms with Crippen molar-refractivity contribution in [3.8, 4) is 0 Å². The molecule has 8 aliphatic carbocycles. The predicted molar refractivity (Wildman–Crippen MR) is 496 cm³/mol. The third-order valence-electron chi connectivity index (χ3n) is 32.4. The molecule has 128 heavy (non-hydrogen) atoms. The van der Waals surface area contributed by atoms with Crippen LogP contribution in [0.15, 0.2) is 60.4 Å². The van der Waals surface area contributed by atoms with E-state index < -0.39 is 49.0 Å². The van der Waals surface area contributed by atoms with E-state index >= 15 is 0 Å². The van der Waals surface area contributed by atoms with Crippen molar-refractivity contribution in [1.29, 1.82) is 0 Å². The number of nitrogens with two attached hydrogens (primary N) is 2. The van der Waals surface area contributed by atoms with E-state index in [1.807, 2.05) is 6.20 Å². The fourth-order valence-corrected chi connectivity index (χ4v) is 25.7. The minimum Gasteiger partial charge on any atom is -0.693 e. The topological polar surface area (TPSA) is 463 Å². The molecule has 24 nitrogen and oxygen atoms in total. The standard InChI is InChI=1S/4C16H28O4.2C12H20N2.C12H16N2.4Cd.2H2N/c4*1-9-5-3-7-11(15(17)18)13(9)14-10(2)6-4-8-12(14)16(19)20;3*1(11-3-7-13-8-4-11)2-12-5-9-14-10-6-12;;;;;;/h4*9-15,17-18H,3-8H2,1-2H3,(H,19,20);2*1-2,11-12H,3-10H2;1-4,7,12H,5-6,8-10H2;;;;;2*1H2/q;;;;3*-2;;;;;2*-1. The summed E-state index contributed by atoms with van der Waals surface area (Å²) in [7, 11) is 0. The Bertz CT molecular complexity index is 2810. The molecule has 0 aromatic heterocycles. The first-order chi connectivity index (χ1) is 58.6. The first-order valence-electron chi connectivity index (χ1n) is 49.2. The van der Waals surface area contributed by atoms with Crippen LogP contribution < -0.4 is 0 Å². The fourth-order valence-electron chi connectivity index (χ4n) is 25.7. The van der Waals surface area contributed by atoms with E-state index in [4.69, 9.17) is 0 Å². The Hall–Kier alpha value is -0.532. The van der Waals surface area contributed by atoms with Gasteiger partial charge in [0, 0.05) is 133 Å². The molecule has 6 aliphatic heterocycles. The van der Waals surface area contributed by atoms with Crippen molar-refractivity contribution in [2.24, 2.45) is 172 Å². The second-order valence-corrected chi connectivity index (χ2v) is 40.5. The third-order valence-corrected chi connectivity index (χ3v) is 32.4. The average molecular weight is 2190 g/mol. The molecular weight excluding hydrogens is 2020 g/mol. The molecule has 0 radical (unpaired) electrons. The number of carboxylic acid groups (broad SMARTS) is 4. The molecule has 24 atom stereocenters. The maximum absolute atomic E-state index is 11.6. The number of rotatable bonds is 18. The van der Waals surface area contributed by atoms with Gasteiger partial charge in [0.25, 0.3) is 0 Å². The van der Waals surface area contributed by atoms with Gasteiger partial charge in [-0.15, -0.1) is 72.0 Å². The van der Waals surface area contributed by atoms with Crippen LogP contribution in [0.1, 0.15) is 274 Å². The van der Waals surface area contributed by atoms with Crippen LogP contribution in [0.4, 0.5) is 0 Å². The molecule has 16 N–H and O–H groups in total. The molecule has 724 valence electrons. The zero-order chi connectivity index (χ0) is 88.4. The van der Waals surface area contributed by atoms with Gasteiger partial charge < -0.3 is 105 Å². The van der Waals surface area contributed by atoms with Crippen LogP contribution in [0.2, 0.25) is 0 Å². The van der Waals surface area contributed by atoms with E-state index in [0.717, 1.165) is 256 Å². The van der Waals surface area contributed by atoms with Crippen LogP contribution in [0, 0.1) is 172 Å². The van der Waals surface area contributed by atoms with Gasteiger partial charge in [-0.05, 0) is 181 Å². The molecule has 5 saturated heterocycles. The summed E-state index contributed by atoms with van der Waals surface area (Å²) < 4.78 is 0. The molecule has 8 saturated carbocycles. The first-order valence-corrected chi connectivity index (χ1v) is 49.2. The number of aliphatic hydroxyl groups is 8. The second-order valence-electron chi connectivity index (χ2n) is 40.5. The summed E-state index contributed by atoms with van der Waals surface area (Å²) in [4.78, 5) is 46.4. The van der Waals surface area contributed by atoms with Crippen molar-refractivity contribution in [1.82, 2.24) is 0 Å². The number of piperidine rings is 5. The van der Waals surface area contributed by atoms with Gasteiger partial charge in [0.1, 0.15) is 0 Å². The SMILES string of the molecule is C(=CC1CC[N-]CC1)C1CC[N-]CC1.C(=CC1CC[N-]CC1)C1CC[N-]CC1.C1=CC(C=CC2CC[N-]CC2)=CC[N-]1.CC1CCCC(C(=O)O)C1C1C(C)CCCC1C(O)O.CC1CCCC(C(=O)O)C1C1C(C)CCCC1C(O)O.CC1CCCC(C(=O)O)C1C1C(C)CCCC1C(O)O.CC1CCCC(C(=O)O)C1C1C(C)CCCC1C(O)O.[Cd].[Cd].[Cd].[Cd].[NH2-].[NH2-]. The molecule has 0 aromatic rings. The number of hydrogen-bond acceptors (Lipinski definition) is 12. The van der Waals surface area contributed by atoms with Crippen LogP contribution in [0.3, 0.4) is 0 Å². The number of nitrogens with zero attached hydrogens (tertiary/aromatic N) is 6. The van der Waals surface area contributed by atoms with E-state index in [2.05, 4.69) is 136 Å². The van der Waals surface area contributed by atoms with Gasteiger partial charge in [-0.2, -0.15) is 6.20 Å². The molecule has 0 amide bonds. The number of carboxylic acids is 4. The van der Waals surface area contributed by atoms with Crippen LogP contribution in [-0.2, 0) is 128 Å². The summed E-state index contributed by atoms with van der Waals surface area (Å²) in [6.45, 7) is 28.7. The fraction of sp³-hybridized carbons (Fsp3) is 0.860.